The largest absolute Gasteiger partial charge is 0.380 e. The molecule has 1 aliphatic rings. The zero-order valence-electron chi connectivity index (χ0n) is 14.5. The summed E-state index contributed by atoms with van der Waals surface area (Å²) in [6, 6.07) is 12.2. The Morgan fingerprint density at radius 1 is 1.25 bits per heavy atom. The number of carbonyl (C=O) groups excluding carboxylic acids is 1. The van der Waals surface area contributed by atoms with Gasteiger partial charge in [-0.3, -0.25) is 4.79 Å². The summed E-state index contributed by atoms with van der Waals surface area (Å²) in [6.07, 6.45) is 4.04. The predicted molar refractivity (Wildman–Crippen MR) is 97.0 cm³/mol. The van der Waals surface area contributed by atoms with Gasteiger partial charge in [0.25, 0.3) is 5.91 Å². The Morgan fingerprint density at radius 2 is 2.04 bits per heavy atom. The molecule has 1 atom stereocenters. The van der Waals surface area contributed by atoms with Crippen LogP contribution in [-0.4, -0.2) is 28.9 Å². The first kappa shape index (κ1) is 16.5. The van der Waals surface area contributed by atoms with E-state index in [9.17, 15) is 4.79 Å². The molecule has 2 aromatic rings. The van der Waals surface area contributed by atoms with E-state index in [0.717, 1.165) is 31.7 Å². The lowest BCUT2D eigenvalue weighted by molar-refractivity contribution is 0.0677. The van der Waals surface area contributed by atoms with Crippen molar-refractivity contribution in [2.24, 2.45) is 5.92 Å². The second kappa shape index (κ2) is 7.47. The van der Waals surface area contributed by atoms with Gasteiger partial charge in [0.15, 0.2) is 0 Å². The number of likely N-dealkylation sites (tertiary alicyclic amines) is 1. The average molecular weight is 323 g/mol. The first-order valence-electron chi connectivity index (χ1n) is 8.66. The molecule has 0 radical (unpaired) electrons. The Morgan fingerprint density at radius 3 is 2.71 bits per heavy atom. The third kappa shape index (κ3) is 4.13. The molecule has 0 saturated carbocycles. The number of nitrogens with zero attached hydrogens (tertiary/aromatic N) is 2. The number of hydrogen-bond donors (Lipinski definition) is 1. The molecule has 3 rings (SSSR count). The number of amides is 1. The van der Waals surface area contributed by atoms with Gasteiger partial charge in [0.2, 0.25) is 0 Å². The van der Waals surface area contributed by atoms with E-state index in [1.165, 1.54) is 17.5 Å². The van der Waals surface area contributed by atoms with Crippen LogP contribution in [0.3, 0.4) is 0 Å². The summed E-state index contributed by atoms with van der Waals surface area (Å²) in [5, 5.41) is 3.35. The molecule has 1 saturated heterocycles. The number of nitrogens with one attached hydrogen (secondary N) is 1. The van der Waals surface area contributed by atoms with Crippen molar-refractivity contribution < 1.29 is 4.79 Å². The topological polar surface area (TPSA) is 45.2 Å². The third-order valence-electron chi connectivity index (χ3n) is 4.54. The molecule has 0 bridgehead atoms. The van der Waals surface area contributed by atoms with Crippen molar-refractivity contribution in [2.45, 2.75) is 33.2 Å². The average Bonchev–Trinajstić information content (AvgIpc) is 2.61. The minimum atomic E-state index is 0.0478. The molecule has 126 valence electrons. The van der Waals surface area contributed by atoms with Crippen molar-refractivity contribution in [3.05, 3.63) is 59.4 Å². The van der Waals surface area contributed by atoms with Gasteiger partial charge >= 0.3 is 0 Å². The van der Waals surface area contributed by atoms with Crippen LogP contribution in [0.25, 0.3) is 0 Å². The first-order valence-corrected chi connectivity index (χ1v) is 8.66. The van der Waals surface area contributed by atoms with Crippen LogP contribution in [-0.2, 0) is 6.54 Å². The van der Waals surface area contributed by atoms with E-state index in [4.69, 9.17) is 0 Å². The molecule has 0 aliphatic carbocycles. The molecule has 0 spiro atoms. The van der Waals surface area contributed by atoms with Crippen LogP contribution in [0.1, 0.15) is 41.4 Å². The van der Waals surface area contributed by atoms with Gasteiger partial charge in [-0.05, 0) is 43.4 Å². The second-order valence-electron chi connectivity index (χ2n) is 6.77. The van der Waals surface area contributed by atoms with Gasteiger partial charge in [-0.1, -0.05) is 36.8 Å². The van der Waals surface area contributed by atoms with Crippen LogP contribution >= 0.6 is 0 Å². The fourth-order valence-electron chi connectivity index (χ4n) is 3.07. The summed E-state index contributed by atoms with van der Waals surface area (Å²) < 4.78 is 0. The van der Waals surface area contributed by atoms with Crippen molar-refractivity contribution >= 4 is 11.6 Å². The van der Waals surface area contributed by atoms with E-state index in [2.05, 4.69) is 48.4 Å². The Kier molecular flexibility index (Phi) is 5.14. The van der Waals surface area contributed by atoms with Crippen LogP contribution in [0.2, 0.25) is 0 Å². The highest BCUT2D eigenvalue weighted by molar-refractivity contribution is 5.92. The lowest BCUT2D eigenvalue weighted by atomic mass is 10.00. The second-order valence-corrected chi connectivity index (χ2v) is 6.77. The molecule has 1 aliphatic heterocycles. The number of piperidine rings is 1. The molecule has 1 amide bonds. The third-order valence-corrected chi connectivity index (χ3v) is 4.54. The number of hydrogen-bond acceptors (Lipinski definition) is 3. The maximum absolute atomic E-state index is 12.5. The summed E-state index contributed by atoms with van der Waals surface area (Å²) in [5.41, 5.74) is 3.95. The normalized spacial score (nSPS) is 17.6. The van der Waals surface area contributed by atoms with E-state index in [1.807, 2.05) is 17.0 Å². The molecule has 1 fully saturated rings. The summed E-state index contributed by atoms with van der Waals surface area (Å²) >= 11 is 0. The van der Waals surface area contributed by atoms with E-state index < -0.39 is 0 Å². The first-order chi connectivity index (χ1) is 11.6. The number of anilines is 1. The van der Waals surface area contributed by atoms with Crippen LogP contribution in [0.4, 0.5) is 5.69 Å². The lowest BCUT2D eigenvalue weighted by Gasteiger charge is -2.30. The van der Waals surface area contributed by atoms with Gasteiger partial charge in [-0.15, -0.1) is 0 Å². The molecule has 4 heteroatoms. The summed E-state index contributed by atoms with van der Waals surface area (Å²) in [7, 11) is 0. The predicted octanol–water partition coefficient (Wildman–Crippen LogP) is 3.87. The standard InChI is InChI=1S/C20H25N3O/c1-15-5-7-17(8-6-15)12-21-18-9-10-19(22-13-18)20(24)23-11-3-4-16(2)14-23/h5-10,13,16,21H,3-4,11-12,14H2,1-2H3. The molecule has 1 aromatic carbocycles. The highest BCUT2D eigenvalue weighted by atomic mass is 16.2. The van der Waals surface area contributed by atoms with E-state index in [-0.39, 0.29) is 5.91 Å². The summed E-state index contributed by atoms with van der Waals surface area (Å²) in [6.45, 7) is 6.72. The Bertz CT molecular complexity index is 679. The van der Waals surface area contributed by atoms with Crippen LogP contribution in [0.15, 0.2) is 42.6 Å². The zero-order valence-corrected chi connectivity index (χ0v) is 14.5. The quantitative estimate of drug-likeness (QED) is 0.929. The summed E-state index contributed by atoms with van der Waals surface area (Å²) in [4.78, 5) is 18.8. The highest BCUT2D eigenvalue weighted by Gasteiger charge is 2.22. The number of rotatable bonds is 4. The molecule has 1 aromatic heterocycles. The van der Waals surface area contributed by atoms with Crippen LogP contribution < -0.4 is 5.32 Å². The number of pyridine rings is 1. The zero-order chi connectivity index (χ0) is 16.9. The summed E-state index contributed by atoms with van der Waals surface area (Å²) in [5.74, 6) is 0.629. The minimum Gasteiger partial charge on any atom is -0.380 e. The van der Waals surface area contributed by atoms with Gasteiger partial charge in [0.1, 0.15) is 5.69 Å². The maximum atomic E-state index is 12.5. The van der Waals surface area contributed by atoms with E-state index >= 15 is 0 Å². The fourth-order valence-corrected chi connectivity index (χ4v) is 3.07. The fraction of sp³-hybridized carbons (Fsp3) is 0.400. The van der Waals surface area contributed by atoms with Crippen LogP contribution in [0, 0.1) is 12.8 Å². The van der Waals surface area contributed by atoms with Gasteiger partial charge in [0, 0.05) is 19.6 Å². The van der Waals surface area contributed by atoms with Gasteiger partial charge < -0.3 is 10.2 Å². The number of aromatic nitrogens is 1. The van der Waals surface area contributed by atoms with Gasteiger partial charge in [-0.25, -0.2) is 4.98 Å². The molecular formula is C20H25N3O. The lowest BCUT2D eigenvalue weighted by Crippen LogP contribution is -2.39. The molecule has 1 N–H and O–H groups in total. The van der Waals surface area contributed by atoms with E-state index in [0.29, 0.717) is 11.6 Å². The number of carbonyl (C=O) groups is 1. The SMILES string of the molecule is Cc1ccc(CNc2ccc(C(=O)N3CCCC(C)C3)nc2)cc1. The molecule has 2 heterocycles. The smallest absolute Gasteiger partial charge is 0.272 e. The molecular weight excluding hydrogens is 298 g/mol. The van der Waals surface area contributed by atoms with Crippen LogP contribution in [0.5, 0.6) is 0 Å². The van der Waals surface area contributed by atoms with Crippen molar-refractivity contribution in [3.63, 3.8) is 0 Å². The monoisotopic (exact) mass is 323 g/mol. The molecule has 1 unspecified atom stereocenters. The maximum Gasteiger partial charge on any atom is 0.272 e. The van der Waals surface area contributed by atoms with Gasteiger partial charge in [0.05, 0.1) is 11.9 Å². The Labute approximate surface area is 143 Å². The van der Waals surface area contributed by atoms with Crippen molar-refractivity contribution in [1.82, 2.24) is 9.88 Å². The molecule has 4 nitrogen and oxygen atoms in total. The van der Waals surface area contributed by atoms with Gasteiger partial charge in [-0.2, -0.15) is 0 Å². The number of aryl methyl sites for hydroxylation is 1. The Balaban J connectivity index is 1.58. The Hall–Kier alpha value is -2.36. The number of benzene rings is 1. The van der Waals surface area contributed by atoms with E-state index in [1.54, 1.807) is 6.20 Å². The van der Waals surface area contributed by atoms with Crippen molar-refractivity contribution in [3.8, 4) is 0 Å². The van der Waals surface area contributed by atoms with Crippen molar-refractivity contribution in [2.75, 3.05) is 18.4 Å². The van der Waals surface area contributed by atoms with Crippen molar-refractivity contribution in [1.29, 1.82) is 0 Å². The highest BCUT2D eigenvalue weighted by Crippen LogP contribution is 2.18. The molecule has 24 heavy (non-hydrogen) atoms. The minimum absolute atomic E-state index is 0.0478.